The molecule has 0 saturated heterocycles. The van der Waals surface area contributed by atoms with Crippen molar-refractivity contribution < 1.29 is 23.9 Å². The minimum Gasteiger partial charge on any atom is -0.493 e. The molecule has 0 saturated carbocycles. The predicted molar refractivity (Wildman–Crippen MR) is 117 cm³/mol. The van der Waals surface area contributed by atoms with Crippen LogP contribution in [0.2, 0.25) is 0 Å². The third kappa shape index (κ3) is 7.02. The van der Waals surface area contributed by atoms with Crippen molar-refractivity contribution >= 4 is 17.7 Å². The minimum atomic E-state index is -0.942. The number of methoxy groups -OCH3 is 1. The monoisotopic (exact) mass is 427 g/mol. The molecule has 0 aromatic heterocycles. The van der Waals surface area contributed by atoms with E-state index in [0.717, 1.165) is 0 Å². The summed E-state index contributed by atoms with van der Waals surface area (Å²) in [5.41, 5.74) is 5.65. The quantitative estimate of drug-likeness (QED) is 0.534. The summed E-state index contributed by atoms with van der Waals surface area (Å²) in [6.07, 6.45) is 0.287. The highest BCUT2D eigenvalue weighted by atomic mass is 16.5. The van der Waals surface area contributed by atoms with Crippen LogP contribution in [0.25, 0.3) is 0 Å². The number of rotatable bonds is 9. The van der Waals surface area contributed by atoms with Crippen molar-refractivity contribution in [2.45, 2.75) is 33.2 Å². The van der Waals surface area contributed by atoms with Crippen LogP contribution in [0.15, 0.2) is 48.5 Å². The number of ether oxygens (including phenoxy) is 2. The molecular weight excluding hydrogens is 398 g/mol. The normalized spacial score (nSPS) is 11.4. The Kier molecular flexibility index (Phi) is 8.87. The summed E-state index contributed by atoms with van der Waals surface area (Å²) < 4.78 is 10.7. The van der Waals surface area contributed by atoms with E-state index in [4.69, 9.17) is 9.47 Å². The Morgan fingerprint density at radius 1 is 0.968 bits per heavy atom. The minimum absolute atomic E-state index is 0.147. The van der Waals surface area contributed by atoms with Crippen LogP contribution in [0.1, 0.15) is 49.2 Å². The molecule has 166 valence electrons. The summed E-state index contributed by atoms with van der Waals surface area (Å²) in [5, 5.41) is 2.73. The van der Waals surface area contributed by atoms with Gasteiger partial charge in [0.05, 0.1) is 13.7 Å². The van der Waals surface area contributed by atoms with Gasteiger partial charge in [0.1, 0.15) is 6.04 Å². The van der Waals surface area contributed by atoms with E-state index in [1.807, 2.05) is 26.8 Å². The van der Waals surface area contributed by atoms with Crippen LogP contribution in [0.3, 0.4) is 0 Å². The van der Waals surface area contributed by atoms with Crippen LogP contribution >= 0.6 is 0 Å². The van der Waals surface area contributed by atoms with Gasteiger partial charge in [0.25, 0.3) is 11.8 Å². The molecule has 2 aromatic carbocycles. The molecule has 0 fully saturated rings. The Morgan fingerprint density at radius 3 is 2.29 bits per heavy atom. The molecule has 8 nitrogen and oxygen atoms in total. The molecule has 3 N–H and O–H groups in total. The maximum atomic E-state index is 12.8. The molecule has 8 heteroatoms. The maximum Gasteiger partial charge on any atom is 0.269 e. The molecule has 0 aliphatic rings. The van der Waals surface area contributed by atoms with Gasteiger partial charge in [0, 0.05) is 12.0 Å². The van der Waals surface area contributed by atoms with Crippen molar-refractivity contribution in [1.29, 1.82) is 0 Å². The number of carbonyl (C=O) groups is 3. The largest absolute Gasteiger partial charge is 0.493 e. The van der Waals surface area contributed by atoms with Gasteiger partial charge in [0.15, 0.2) is 11.5 Å². The van der Waals surface area contributed by atoms with E-state index in [9.17, 15) is 14.4 Å². The van der Waals surface area contributed by atoms with E-state index in [0.29, 0.717) is 23.7 Å². The van der Waals surface area contributed by atoms with Crippen LogP contribution in [-0.2, 0) is 9.59 Å². The average molecular weight is 428 g/mol. The molecular formula is C23H29N3O5. The molecule has 1 unspecified atom stereocenters. The SMILES string of the molecule is CCOc1ccc(C(=O)NNC(=O)C(NC(=O)CC(C)C)c2ccccc2)cc1OC. The van der Waals surface area contributed by atoms with E-state index >= 15 is 0 Å². The highest BCUT2D eigenvalue weighted by Crippen LogP contribution is 2.28. The van der Waals surface area contributed by atoms with Crippen LogP contribution in [0.5, 0.6) is 11.5 Å². The summed E-state index contributed by atoms with van der Waals surface area (Å²) in [6, 6.07) is 12.6. The first-order valence-corrected chi connectivity index (χ1v) is 10.1. The van der Waals surface area contributed by atoms with Crippen LogP contribution in [-0.4, -0.2) is 31.4 Å². The molecule has 31 heavy (non-hydrogen) atoms. The van der Waals surface area contributed by atoms with Crippen molar-refractivity contribution in [3.05, 3.63) is 59.7 Å². The standard InChI is InChI=1S/C23H29N3O5/c1-5-31-18-12-11-17(14-19(18)30-4)22(28)25-26-23(29)21(16-9-7-6-8-10-16)24-20(27)13-15(2)3/h6-12,14-15,21H,5,13H2,1-4H3,(H,24,27)(H,25,28)(H,26,29). The average Bonchev–Trinajstić information content (AvgIpc) is 2.76. The number of hydrogen-bond acceptors (Lipinski definition) is 5. The van der Waals surface area contributed by atoms with Crippen molar-refractivity contribution in [2.24, 2.45) is 5.92 Å². The van der Waals surface area contributed by atoms with Crippen LogP contribution in [0.4, 0.5) is 0 Å². The molecule has 1 atom stereocenters. The van der Waals surface area contributed by atoms with Gasteiger partial charge in [-0.1, -0.05) is 44.2 Å². The topological polar surface area (TPSA) is 106 Å². The second-order valence-electron chi connectivity index (χ2n) is 7.25. The number of hydrazine groups is 1. The Morgan fingerprint density at radius 2 is 1.68 bits per heavy atom. The van der Waals surface area contributed by atoms with Crippen LogP contribution in [0, 0.1) is 5.92 Å². The first-order chi connectivity index (χ1) is 14.8. The number of hydrogen-bond donors (Lipinski definition) is 3. The Labute approximate surface area is 182 Å². The lowest BCUT2D eigenvalue weighted by atomic mass is 10.0. The van der Waals surface area contributed by atoms with Gasteiger partial charge in [-0.05, 0) is 36.6 Å². The summed E-state index contributed by atoms with van der Waals surface area (Å²) in [6.45, 7) is 6.14. The summed E-state index contributed by atoms with van der Waals surface area (Å²) >= 11 is 0. The molecule has 3 amide bonds. The molecule has 0 spiro atoms. The molecule has 2 rings (SSSR count). The number of carbonyl (C=O) groups excluding carboxylic acids is 3. The van der Waals surface area contributed by atoms with Gasteiger partial charge in [-0.2, -0.15) is 0 Å². The van der Waals surface area contributed by atoms with Gasteiger partial charge in [-0.3, -0.25) is 25.2 Å². The number of nitrogens with one attached hydrogen (secondary N) is 3. The van der Waals surface area contributed by atoms with E-state index < -0.39 is 17.9 Å². The smallest absolute Gasteiger partial charge is 0.269 e. The molecule has 2 aromatic rings. The van der Waals surface area contributed by atoms with Crippen LogP contribution < -0.4 is 25.6 Å². The molecule has 0 bridgehead atoms. The number of benzene rings is 2. The Hall–Kier alpha value is -3.55. The van der Waals surface area contributed by atoms with Gasteiger partial charge < -0.3 is 14.8 Å². The molecule has 0 radical (unpaired) electrons. The first-order valence-electron chi connectivity index (χ1n) is 10.1. The van der Waals surface area contributed by atoms with Gasteiger partial charge in [-0.25, -0.2) is 0 Å². The zero-order valence-electron chi connectivity index (χ0n) is 18.2. The highest BCUT2D eigenvalue weighted by molar-refractivity contribution is 5.97. The summed E-state index contributed by atoms with van der Waals surface area (Å²) in [5.74, 6) is -0.272. The third-order valence-electron chi connectivity index (χ3n) is 4.32. The zero-order valence-corrected chi connectivity index (χ0v) is 18.2. The van der Waals surface area contributed by atoms with Gasteiger partial charge in [0.2, 0.25) is 5.91 Å². The van der Waals surface area contributed by atoms with Crippen molar-refractivity contribution in [3.63, 3.8) is 0 Å². The lowest BCUT2D eigenvalue weighted by Crippen LogP contribution is -2.48. The zero-order chi connectivity index (χ0) is 22.8. The summed E-state index contributed by atoms with van der Waals surface area (Å²) in [4.78, 5) is 37.5. The van der Waals surface area contributed by atoms with Crippen molar-refractivity contribution in [1.82, 2.24) is 16.2 Å². The Bertz CT molecular complexity index is 899. The van der Waals surface area contributed by atoms with Gasteiger partial charge in [-0.15, -0.1) is 0 Å². The Balaban J connectivity index is 2.09. The predicted octanol–water partition coefficient (Wildman–Crippen LogP) is 2.76. The van der Waals surface area contributed by atoms with Crippen molar-refractivity contribution in [3.8, 4) is 11.5 Å². The fourth-order valence-corrected chi connectivity index (χ4v) is 2.88. The fourth-order valence-electron chi connectivity index (χ4n) is 2.88. The van der Waals surface area contributed by atoms with E-state index in [1.165, 1.54) is 13.2 Å². The number of amides is 3. The van der Waals surface area contributed by atoms with E-state index in [-0.39, 0.29) is 23.8 Å². The summed E-state index contributed by atoms with van der Waals surface area (Å²) in [7, 11) is 1.48. The van der Waals surface area contributed by atoms with Crippen molar-refractivity contribution in [2.75, 3.05) is 13.7 Å². The first kappa shape index (κ1) is 23.7. The molecule has 0 aliphatic heterocycles. The highest BCUT2D eigenvalue weighted by Gasteiger charge is 2.23. The second kappa shape index (κ2) is 11.6. The third-order valence-corrected chi connectivity index (χ3v) is 4.32. The molecule has 0 aliphatic carbocycles. The fraction of sp³-hybridized carbons (Fsp3) is 0.348. The maximum absolute atomic E-state index is 12.8. The van der Waals surface area contributed by atoms with E-state index in [2.05, 4.69) is 16.2 Å². The van der Waals surface area contributed by atoms with E-state index in [1.54, 1.807) is 36.4 Å². The lowest BCUT2D eigenvalue weighted by molar-refractivity contribution is -0.130. The lowest BCUT2D eigenvalue weighted by Gasteiger charge is -2.20. The second-order valence-corrected chi connectivity index (χ2v) is 7.25. The molecule has 0 heterocycles. The van der Waals surface area contributed by atoms with Gasteiger partial charge >= 0.3 is 0 Å².